The summed E-state index contributed by atoms with van der Waals surface area (Å²) in [6, 6.07) is 0.500. The molecule has 1 unspecified atom stereocenters. The van der Waals surface area contributed by atoms with E-state index < -0.39 is 6.10 Å². The minimum absolute atomic E-state index is 0.183. The summed E-state index contributed by atoms with van der Waals surface area (Å²) in [5.74, 6) is 1.88. The van der Waals surface area contributed by atoms with Crippen LogP contribution in [-0.4, -0.2) is 45.0 Å². The second kappa shape index (κ2) is 6.46. The summed E-state index contributed by atoms with van der Waals surface area (Å²) in [4.78, 5) is 2.70. The highest BCUT2D eigenvalue weighted by molar-refractivity contribution is 5.31. The van der Waals surface area contributed by atoms with Gasteiger partial charge in [-0.3, -0.25) is 4.68 Å². The van der Waals surface area contributed by atoms with Crippen molar-refractivity contribution in [2.75, 3.05) is 19.6 Å². The zero-order valence-corrected chi connectivity index (χ0v) is 17.1. The first-order chi connectivity index (χ1) is 13.6. The number of rotatable bonds is 3. The largest absolute Gasteiger partial charge is 0.483 e. The molecule has 3 saturated carbocycles. The van der Waals surface area contributed by atoms with Gasteiger partial charge >= 0.3 is 0 Å². The standard InChI is InChI=1S/C23H35N3O2/c27-19-14-23(28-20-15-26(24-21(19)20)18-3-1-2-4-18)9-11-25(12-10-23)16-22-7-5-17(13-22)6-8-22/h15,17-19,27H,1-14,16H2. The van der Waals surface area contributed by atoms with Gasteiger partial charge in [0.2, 0.25) is 0 Å². The number of nitrogens with zero attached hydrogens (tertiary/aromatic N) is 3. The van der Waals surface area contributed by atoms with Gasteiger partial charge in [-0.2, -0.15) is 5.10 Å². The number of hydrogen-bond acceptors (Lipinski definition) is 4. The highest BCUT2D eigenvalue weighted by Gasteiger charge is 2.48. The highest BCUT2D eigenvalue weighted by atomic mass is 16.5. The van der Waals surface area contributed by atoms with Crippen molar-refractivity contribution in [1.82, 2.24) is 14.7 Å². The summed E-state index contributed by atoms with van der Waals surface area (Å²) < 4.78 is 8.67. The fraction of sp³-hybridized carbons (Fsp3) is 0.870. The van der Waals surface area contributed by atoms with E-state index in [0.29, 0.717) is 17.9 Å². The van der Waals surface area contributed by atoms with Crippen molar-refractivity contribution in [3.63, 3.8) is 0 Å². The van der Waals surface area contributed by atoms with E-state index in [9.17, 15) is 5.11 Å². The summed E-state index contributed by atoms with van der Waals surface area (Å²) in [6.45, 7) is 3.53. The van der Waals surface area contributed by atoms with Gasteiger partial charge < -0.3 is 14.7 Å². The molecule has 1 aromatic heterocycles. The maximum absolute atomic E-state index is 10.8. The van der Waals surface area contributed by atoms with E-state index in [4.69, 9.17) is 9.84 Å². The Morgan fingerprint density at radius 3 is 2.46 bits per heavy atom. The molecule has 5 aliphatic rings. The Balaban J connectivity index is 1.13. The average molecular weight is 386 g/mol. The number of aliphatic hydroxyl groups excluding tert-OH is 1. The van der Waals surface area contributed by atoms with Crippen LogP contribution in [0.25, 0.3) is 0 Å². The molecule has 1 N–H and O–H groups in total. The first-order valence-electron chi connectivity index (χ1n) is 11.8. The van der Waals surface area contributed by atoms with Crippen LogP contribution in [0, 0.1) is 11.3 Å². The van der Waals surface area contributed by atoms with Gasteiger partial charge in [-0.1, -0.05) is 12.8 Å². The molecular weight excluding hydrogens is 350 g/mol. The third kappa shape index (κ3) is 2.92. The van der Waals surface area contributed by atoms with E-state index in [1.165, 1.54) is 64.3 Å². The van der Waals surface area contributed by atoms with Gasteiger partial charge in [0.1, 0.15) is 17.4 Å². The molecule has 2 bridgehead atoms. The van der Waals surface area contributed by atoms with Gasteiger partial charge in [0.15, 0.2) is 5.75 Å². The van der Waals surface area contributed by atoms with Crippen molar-refractivity contribution in [2.24, 2.45) is 11.3 Å². The van der Waals surface area contributed by atoms with E-state index in [1.807, 2.05) is 0 Å². The zero-order chi connectivity index (χ0) is 18.8. The minimum Gasteiger partial charge on any atom is -0.483 e. The Labute approximate surface area is 168 Å². The van der Waals surface area contributed by atoms with Gasteiger partial charge in [0.05, 0.1) is 12.2 Å². The Bertz CT molecular complexity index is 722. The van der Waals surface area contributed by atoms with E-state index in [0.717, 1.165) is 43.3 Å². The van der Waals surface area contributed by atoms with E-state index in [2.05, 4.69) is 15.8 Å². The van der Waals surface area contributed by atoms with Crippen LogP contribution in [0.3, 0.4) is 0 Å². The molecule has 0 aromatic carbocycles. The predicted octanol–water partition coefficient (Wildman–Crippen LogP) is 4.23. The molecule has 2 aliphatic heterocycles. The Morgan fingerprint density at radius 2 is 1.79 bits per heavy atom. The molecule has 5 heteroatoms. The van der Waals surface area contributed by atoms with Crippen LogP contribution in [0.15, 0.2) is 6.20 Å². The Morgan fingerprint density at radius 1 is 1.04 bits per heavy atom. The van der Waals surface area contributed by atoms with Gasteiger partial charge in [-0.25, -0.2) is 0 Å². The summed E-state index contributed by atoms with van der Waals surface area (Å²) in [6.07, 6.45) is 16.7. The lowest BCUT2D eigenvalue weighted by atomic mass is 9.80. The van der Waals surface area contributed by atoms with Crippen LogP contribution in [0.4, 0.5) is 0 Å². The van der Waals surface area contributed by atoms with E-state index >= 15 is 0 Å². The first-order valence-corrected chi connectivity index (χ1v) is 11.8. The third-order valence-corrected chi connectivity index (χ3v) is 8.85. The molecule has 28 heavy (non-hydrogen) atoms. The van der Waals surface area contributed by atoms with Crippen LogP contribution in [-0.2, 0) is 0 Å². The second-order valence-corrected chi connectivity index (χ2v) is 10.7. The lowest BCUT2D eigenvalue weighted by molar-refractivity contribution is -0.0596. The second-order valence-electron chi connectivity index (χ2n) is 10.7. The molecule has 1 spiro atoms. The number of hydrogen-bond donors (Lipinski definition) is 1. The molecule has 6 rings (SSSR count). The maximum Gasteiger partial charge on any atom is 0.163 e. The van der Waals surface area contributed by atoms with Crippen molar-refractivity contribution >= 4 is 0 Å². The molecule has 3 aliphatic carbocycles. The van der Waals surface area contributed by atoms with Crippen molar-refractivity contribution in [1.29, 1.82) is 0 Å². The van der Waals surface area contributed by atoms with Gasteiger partial charge in [0, 0.05) is 26.1 Å². The molecule has 1 aromatic rings. The average Bonchev–Trinajstić information content (AvgIpc) is 3.47. The van der Waals surface area contributed by atoms with Crippen LogP contribution < -0.4 is 4.74 Å². The molecule has 4 fully saturated rings. The monoisotopic (exact) mass is 385 g/mol. The molecule has 3 heterocycles. The number of ether oxygens (including phenoxy) is 1. The number of aromatic nitrogens is 2. The predicted molar refractivity (Wildman–Crippen MR) is 107 cm³/mol. The summed E-state index contributed by atoms with van der Waals surface area (Å²) in [5, 5.41) is 15.6. The lowest BCUT2D eigenvalue weighted by Crippen LogP contribution is -2.52. The van der Waals surface area contributed by atoms with Crippen LogP contribution >= 0.6 is 0 Å². The summed E-state index contributed by atoms with van der Waals surface area (Å²) in [5.41, 5.74) is 1.23. The van der Waals surface area contributed by atoms with Crippen molar-refractivity contribution in [2.45, 2.75) is 94.8 Å². The number of aliphatic hydroxyl groups is 1. The molecule has 0 radical (unpaired) electrons. The topological polar surface area (TPSA) is 50.5 Å². The van der Waals surface area contributed by atoms with Crippen molar-refractivity contribution in [3.8, 4) is 5.75 Å². The van der Waals surface area contributed by atoms with Crippen molar-refractivity contribution < 1.29 is 9.84 Å². The normalized spacial score (nSPS) is 37.5. The zero-order valence-electron chi connectivity index (χ0n) is 17.1. The lowest BCUT2D eigenvalue weighted by Gasteiger charge is -2.46. The molecule has 5 nitrogen and oxygen atoms in total. The van der Waals surface area contributed by atoms with Gasteiger partial charge in [-0.05, 0) is 69.1 Å². The van der Waals surface area contributed by atoms with Gasteiger partial charge in [0.25, 0.3) is 0 Å². The fourth-order valence-electron chi connectivity index (χ4n) is 7.21. The number of likely N-dealkylation sites (tertiary alicyclic amines) is 1. The molecule has 154 valence electrons. The van der Waals surface area contributed by atoms with Crippen LogP contribution in [0.1, 0.15) is 94.9 Å². The summed E-state index contributed by atoms with van der Waals surface area (Å²) in [7, 11) is 0. The molecule has 1 saturated heterocycles. The molecular formula is C23H35N3O2. The SMILES string of the molecule is OC1CC2(CCN(CC34CCC(CC3)C4)CC2)Oc2cn(C3CCCC3)nc21. The summed E-state index contributed by atoms with van der Waals surface area (Å²) >= 11 is 0. The van der Waals surface area contributed by atoms with E-state index in [1.54, 1.807) is 0 Å². The third-order valence-electron chi connectivity index (χ3n) is 8.85. The number of piperidine rings is 1. The number of fused-ring (bicyclic) bond motifs is 3. The first kappa shape index (κ1) is 17.8. The molecule has 0 amide bonds. The van der Waals surface area contributed by atoms with Gasteiger partial charge in [-0.15, -0.1) is 0 Å². The van der Waals surface area contributed by atoms with E-state index in [-0.39, 0.29) is 5.60 Å². The Hall–Kier alpha value is -1.07. The smallest absolute Gasteiger partial charge is 0.163 e. The quantitative estimate of drug-likeness (QED) is 0.846. The minimum atomic E-state index is -0.470. The highest BCUT2D eigenvalue weighted by Crippen LogP contribution is 2.55. The van der Waals surface area contributed by atoms with Crippen LogP contribution in [0.5, 0.6) is 5.75 Å². The molecule has 1 atom stereocenters. The Kier molecular flexibility index (Phi) is 4.10. The maximum atomic E-state index is 10.8. The van der Waals surface area contributed by atoms with Crippen molar-refractivity contribution in [3.05, 3.63) is 11.9 Å². The van der Waals surface area contributed by atoms with Crippen LogP contribution in [0.2, 0.25) is 0 Å². The fourth-order valence-corrected chi connectivity index (χ4v) is 7.21.